The molecule has 1 aromatic heterocycles. The van der Waals surface area contributed by atoms with Crippen LogP contribution in [0.2, 0.25) is 0 Å². The van der Waals surface area contributed by atoms with Crippen LogP contribution in [-0.2, 0) is 16.0 Å². The average molecular weight is 314 g/mol. The van der Waals surface area contributed by atoms with Crippen LogP contribution in [0.1, 0.15) is 44.5 Å². The van der Waals surface area contributed by atoms with E-state index in [0.717, 1.165) is 28.6 Å². The number of rotatable bonds is 3. The number of H-pyrrole nitrogens is 1. The van der Waals surface area contributed by atoms with Crippen LogP contribution in [0, 0.1) is 5.92 Å². The second-order valence-electron chi connectivity index (χ2n) is 6.69. The summed E-state index contributed by atoms with van der Waals surface area (Å²) < 4.78 is 0. The fourth-order valence-corrected chi connectivity index (χ4v) is 3.70. The molecule has 0 bridgehead atoms. The van der Waals surface area contributed by atoms with Crippen LogP contribution in [0.3, 0.4) is 0 Å². The van der Waals surface area contributed by atoms with Gasteiger partial charge in [0.1, 0.15) is 6.04 Å². The highest BCUT2D eigenvalue weighted by atomic mass is 16.4. The highest BCUT2D eigenvalue weighted by Gasteiger charge is 2.41. The second kappa shape index (κ2) is 5.72. The molecule has 1 aliphatic heterocycles. The molecule has 0 spiro atoms. The van der Waals surface area contributed by atoms with Gasteiger partial charge in [0.2, 0.25) is 5.91 Å². The van der Waals surface area contributed by atoms with Gasteiger partial charge in [-0.1, -0.05) is 32.0 Å². The Labute approximate surface area is 135 Å². The van der Waals surface area contributed by atoms with Crippen LogP contribution in [0.25, 0.3) is 10.9 Å². The Morgan fingerprint density at radius 2 is 2.04 bits per heavy atom. The van der Waals surface area contributed by atoms with E-state index in [1.807, 2.05) is 24.3 Å². The van der Waals surface area contributed by atoms with Crippen LogP contribution in [-0.4, -0.2) is 32.9 Å². The smallest absolute Gasteiger partial charge is 0.326 e. The fraction of sp³-hybridized carbons (Fsp3) is 0.444. The summed E-state index contributed by atoms with van der Waals surface area (Å²) in [5.41, 5.74) is 3.03. The van der Waals surface area contributed by atoms with E-state index < -0.39 is 12.0 Å². The first-order valence-corrected chi connectivity index (χ1v) is 8.01. The van der Waals surface area contributed by atoms with Crippen molar-refractivity contribution in [1.82, 2.24) is 9.88 Å². The second-order valence-corrected chi connectivity index (χ2v) is 6.69. The van der Waals surface area contributed by atoms with E-state index in [0.29, 0.717) is 12.3 Å². The Kier molecular flexibility index (Phi) is 3.88. The molecule has 1 aliphatic rings. The summed E-state index contributed by atoms with van der Waals surface area (Å²) in [7, 11) is 0. The molecule has 0 saturated heterocycles. The lowest BCUT2D eigenvalue weighted by Crippen LogP contribution is -2.50. The number of carboxylic acid groups (broad SMARTS) is 1. The van der Waals surface area contributed by atoms with Gasteiger partial charge in [-0.25, -0.2) is 4.79 Å². The van der Waals surface area contributed by atoms with E-state index in [1.54, 1.807) is 4.90 Å². The highest BCUT2D eigenvalue weighted by Crippen LogP contribution is 2.40. The molecule has 122 valence electrons. The van der Waals surface area contributed by atoms with Crippen LogP contribution in [0.4, 0.5) is 0 Å². The third-order valence-corrected chi connectivity index (χ3v) is 4.59. The SMILES string of the molecule is CC(=O)N1C(C(=O)O)Cc2c([nH]c3ccccc23)C1CC(C)C. The predicted molar refractivity (Wildman–Crippen MR) is 88.1 cm³/mol. The van der Waals surface area contributed by atoms with E-state index in [1.165, 1.54) is 6.92 Å². The van der Waals surface area contributed by atoms with Gasteiger partial charge in [-0.15, -0.1) is 0 Å². The summed E-state index contributed by atoms with van der Waals surface area (Å²) in [6, 6.07) is 6.90. The number of para-hydroxylation sites is 1. The van der Waals surface area contributed by atoms with Crippen molar-refractivity contribution in [3.63, 3.8) is 0 Å². The van der Waals surface area contributed by atoms with E-state index in [2.05, 4.69) is 18.8 Å². The van der Waals surface area contributed by atoms with Crippen molar-refractivity contribution in [2.75, 3.05) is 0 Å². The molecule has 2 N–H and O–H groups in total. The number of amides is 1. The number of carboxylic acids is 1. The first-order chi connectivity index (χ1) is 10.9. The molecule has 0 aliphatic carbocycles. The quantitative estimate of drug-likeness (QED) is 0.914. The predicted octanol–water partition coefficient (Wildman–Crippen LogP) is 3.11. The summed E-state index contributed by atoms with van der Waals surface area (Å²) in [5.74, 6) is -0.772. The molecule has 2 unspecified atom stereocenters. The Morgan fingerprint density at radius 1 is 1.35 bits per heavy atom. The van der Waals surface area contributed by atoms with Gasteiger partial charge in [-0.2, -0.15) is 0 Å². The minimum atomic E-state index is -0.940. The third-order valence-electron chi connectivity index (χ3n) is 4.59. The van der Waals surface area contributed by atoms with Gasteiger partial charge < -0.3 is 15.0 Å². The number of carbonyl (C=O) groups excluding carboxylic acids is 1. The van der Waals surface area contributed by atoms with E-state index in [4.69, 9.17) is 0 Å². The molecule has 0 fully saturated rings. The first kappa shape index (κ1) is 15.6. The number of hydrogen-bond acceptors (Lipinski definition) is 2. The summed E-state index contributed by atoms with van der Waals surface area (Å²) >= 11 is 0. The molecule has 2 heterocycles. The molecule has 2 atom stereocenters. The average Bonchev–Trinajstić information content (AvgIpc) is 2.84. The lowest BCUT2D eigenvalue weighted by molar-refractivity contribution is -0.152. The molecule has 3 rings (SSSR count). The number of nitrogens with one attached hydrogen (secondary N) is 1. The van der Waals surface area contributed by atoms with E-state index in [-0.39, 0.29) is 11.9 Å². The number of nitrogens with zero attached hydrogens (tertiary/aromatic N) is 1. The van der Waals surface area contributed by atoms with Crippen LogP contribution < -0.4 is 0 Å². The third kappa shape index (κ3) is 2.60. The fourth-order valence-electron chi connectivity index (χ4n) is 3.70. The molecular weight excluding hydrogens is 292 g/mol. The Morgan fingerprint density at radius 3 is 2.65 bits per heavy atom. The Hall–Kier alpha value is -2.30. The lowest BCUT2D eigenvalue weighted by Gasteiger charge is -2.40. The first-order valence-electron chi connectivity index (χ1n) is 8.01. The minimum Gasteiger partial charge on any atom is -0.480 e. The van der Waals surface area contributed by atoms with Crippen molar-refractivity contribution in [3.8, 4) is 0 Å². The van der Waals surface area contributed by atoms with E-state index >= 15 is 0 Å². The van der Waals surface area contributed by atoms with Gasteiger partial charge in [0.05, 0.1) is 6.04 Å². The topological polar surface area (TPSA) is 73.4 Å². The Bertz CT molecular complexity index is 763. The molecule has 1 amide bonds. The number of carbonyl (C=O) groups is 2. The van der Waals surface area contributed by atoms with Crippen molar-refractivity contribution in [3.05, 3.63) is 35.5 Å². The van der Waals surface area contributed by atoms with Gasteiger partial charge in [0, 0.05) is 29.9 Å². The summed E-state index contributed by atoms with van der Waals surface area (Å²) in [4.78, 5) is 28.9. The number of benzene rings is 1. The molecule has 0 radical (unpaired) electrons. The van der Waals surface area contributed by atoms with Gasteiger partial charge in [-0.3, -0.25) is 4.79 Å². The maximum absolute atomic E-state index is 12.2. The van der Waals surface area contributed by atoms with Gasteiger partial charge in [0.15, 0.2) is 0 Å². The molecule has 0 saturated carbocycles. The molecule has 2 aromatic rings. The van der Waals surface area contributed by atoms with Crippen molar-refractivity contribution in [1.29, 1.82) is 0 Å². The van der Waals surface area contributed by atoms with Crippen molar-refractivity contribution in [2.45, 2.75) is 45.7 Å². The maximum Gasteiger partial charge on any atom is 0.326 e. The highest BCUT2D eigenvalue weighted by molar-refractivity contribution is 5.89. The zero-order chi connectivity index (χ0) is 16.7. The van der Waals surface area contributed by atoms with Gasteiger partial charge >= 0.3 is 5.97 Å². The standard InChI is InChI=1S/C18H22N2O3/c1-10(2)8-15-17-13(12-6-4-5-7-14(12)19-17)9-16(18(22)23)20(15)11(3)21/h4-7,10,15-16,19H,8-9H2,1-3H3,(H,22,23). The van der Waals surface area contributed by atoms with Crippen LogP contribution in [0.5, 0.6) is 0 Å². The molecule has 1 aromatic carbocycles. The number of aliphatic carboxylic acids is 1. The van der Waals surface area contributed by atoms with Crippen molar-refractivity contribution < 1.29 is 14.7 Å². The number of aromatic amines is 1. The number of fused-ring (bicyclic) bond motifs is 3. The normalized spacial score (nSPS) is 20.8. The van der Waals surface area contributed by atoms with Crippen LogP contribution in [0.15, 0.2) is 24.3 Å². The molecule has 23 heavy (non-hydrogen) atoms. The molecular formula is C18H22N2O3. The Balaban J connectivity index is 2.20. The van der Waals surface area contributed by atoms with E-state index in [9.17, 15) is 14.7 Å². The summed E-state index contributed by atoms with van der Waals surface area (Å²) in [6.07, 6.45) is 1.09. The summed E-state index contributed by atoms with van der Waals surface area (Å²) in [6.45, 7) is 5.63. The minimum absolute atomic E-state index is 0.188. The van der Waals surface area contributed by atoms with Crippen LogP contribution >= 0.6 is 0 Å². The van der Waals surface area contributed by atoms with Crippen molar-refractivity contribution in [2.24, 2.45) is 5.92 Å². The molecule has 5 heteroatoms. The monoisotopic (exact) mass is 314 g/mol. The van der Waals surface area contributed by atoms with Gasteiger partial charge in [-0.05, 0) is 24.0 Å². The van der Waals surface area contributed by atoms with Gasteiger partial charge in [0.25, 0.3) is 0 Å². The number of aromatic nitrogens is 1. The summed E-state index contributed by atoms with van der Waals surface area (Å²) in [5, 5.41) is 10.7. The number of hydrogen-bond donors (Lipinski definition) is 2. The largest absolute Gasteiger partial charge is 0.480 e. The lowest BCUT2D eigenvalue weighted by atomic mass is 9.87. The maximum atomic E-state index is 12.2. The zero-order valence-electron chi connectivity index (χ0n) is 13.7. The van der Waals surface area contributed by atoms with Crippen molar-refractivity contribution >= 4 is 22.8 Å². The molecule has 5 nitrogen and oxygen atoms in total. The zero-order valence-corrected chi connectivity index (χ0v) is 13.7.